The van der Waals surface area contributed by atoms with Gasteiger partial charge in [-0.05, 0) is 18.8 Å². The highest BCUT2D eigenvalue weighted by atomic mass is 32.2. The molecule has 0 aliphatic carbocycles. The van der Waals surface area contributed by atoms with Crippen molar-refractivity contribution in [3.8, 4) is 0 Å². The molecule has 0 spiro atoms. The average molecular weight is 205 g/mol. The zero-order chi connectivity index (χ0) is 10.5. The normalized spacial score (nSPS) is 14.5. The summed E-state index contributed by atoms with van der Waals surface area (Å²) in [5, 5.41) is 0. The first-order valence-electron chi connectivity index (χ1n) is 4.41. The lowest BCUT2D eigenvalue weighted by atomic mass is 10.1. The van der Waals surface area contributed by atoms with E-state index in [2.05, 4.69) is 13.5 Å². The lowest BCUT2D eigenvalue weighted by molar-refractivity contribution is 0.447. The van der Waals surface area contributed by atoms with Crippen LogP contribution in [0.25, 0.3) is 0 Å². The lowest BCUT2D eigenvalue weighted by Gasteiger charge is -2.14. The summed E-state index contributed by atoms with van der Waals surface area (Å²) < 4.78 is 23.3. The summed E-state index contributed by atoms with van der Waals surface area (Å²) in [4.78, 5) is 0. The van der Waals surface area contributed by atoms with Crippen LogP contribution in [0.2, 0.25) is 0 Å². The summed E-state index contributed by atoms with van der Waals surface area (Å²) in [7, 11) is -1.39. The molecule has 1 atom stereocenters. The molecule has 3 nitrogen and oxygen atoms in total. The number of rotatable bonds is 6. The third-order valence-corrected chi connectivity index (χ3v) is 3.42. The fourth-order valence-corrected chi connectivity index (χ4v) is 1.38. The molecule has 78 valence electrons. The zero-order valence-corrected chi connectivity index (χ0v) is 9.47. The van der Waals surface area contributed by atoms with Gasteiger partial charge in [-0.3, -0.25) is 0 Å². The van der Waals surface area contributed by atoms with Crippen molar-refractivity contribution in [2.24, 2.45) is 5.92 Å². The highest BCUT2D eigenvalue weighted by Gasteiger charge is 2.09. The van der Waals surface area contributed by atoms with Gasteiger partial charge in [-0.1, -0.05) is 13.0 Å². The molecule has 0 amide bonds. The molecule has 0 aromatic carbocycles. The summed E-state index contributed by atoms with van der Waals surface area (Å²) in [5.74, 6) is 0.466. The monoisotopic (exact) mass is 205 g/mol. The summed E-state index contributed by atoms with van der Waals surface area (Å²) in [6, 6.07) is 0. The minimum atomic E-state index is -3.00. The van der Waals surface area contributed by atoms with Crippen molar-refractivity contribution in [2.75, 3.05) is 19.8 Å². The number of hydrogen-bond acceptors (Lipinski definition) is 2. The van der Waals surface area contributed by atoms with Gasteiger partial charge in [0.2, 0.25) is 10.0 Å². The third-order valence-electron chi connectivity index (χ3n) is 2.10. The molecule has 13 heavy (non-hydrogen) atoms. The van der Waals surface area contributed by atoms with Crippen molar-refractivity contribution < 1.29 is 8.42 Å². The minimum absolute atomic E-state index is 0.466. The van der Waals surface area contributed by atoms with E-state index in [1.54, 1.807) is 7.05 Å². The Morgan fingerprint density at radius 1 is 1.54 bits per heavy atom. The van der Waals surface area contributed by atoms with Gasteiger partial charge in [0.25, 0.3) is 0 Å². The molecule has 0 rings (SSSR count). The maximum absolute atomic E-state index is 11.0. The van der Waals surface area contributed by atoms with Gasteiger partial charge in [-0.2, -0.15) is 0 Å². The highest BCUT2D eigenvalue weighted by molar-refractivity contribution is 7.88. The predicted octanol–water partition coefficient (Wildman–Crippen LogP) is 1.48. The molecule has 0 radical (unpaired) electrons. The molecular weight excluding hydrogens is 186 g/mol. The van der Waals surface area contributed by atoms with Crippen molar-refractivity contribution in [3.63, 3.8) is 0 Å². The Morgan fingerprint density at radius 3 is 2.46 bits per heavy atom. The van der Waals surface area contributed by atoms with Crippen LogP contribution in [0.5, 0.6) is 0 Å². The molecule has 0 N–H and O–H groups in total. The molecule has 0 aromatic rings. The van der Waals surface area contributed by atoms with Crippen LogP contribution in [0.1, 0.15) is 19.8 Å². The van der Waals surface area contributed by atoms with Gasteiger partial charge in [0, 0.05) is 13.6 Å². The average Bonchev–Trinajstić information content (AvgIpc) is 2.02. The molecule has 0 aliphatic rings. The van der Waals surface area contributed by atoms with Crippen molar-refractivity contribution in [2.45, 2.75) is 19.8 Å². The zero-order valence-electron chi connectivity index (χ0n) is 8.66. The second kappa shape index (κ2) is 5.40. The van der Waals surface area contributed by atoms with Gasteiger partial charge < -0.3 is 0 Å². The van der Waals surface area contributed by atoms with Crippen LogP contribution in [0.15, 0.2) is 12.7 Å². The fraction of sp³-hybridized carbons (Fsp3) is 0.778. The number of nitrogens with zero attached hydrogens (tertiary/aromatic N) is 1. The standard InChI is InChI=1S/C9H19NO2S/c1-5-9(2)7-6-8-10(3)13(4,11)12/h5,9H,1,6-8H2,2-4H3. The Balaban J connectivity index is 3.72. The first-order valence-corrected chi connectivity index (χ1v) is 6.26. The summed E-state index contributed by atoms with van der Waals surface area (Å²) >= 11 is 0. The van der Waals surface area contributed by atoms with Crippen molar-refractivity contribution in [3.05, 3.63) is 12.7 Å². The molecule has 1 unspecified atom stereocenters. The van der Waals surface area contributed by atoms with E-state index in [0.717, 1.165) is 12.8 Å². The molecule has 0 aromatic heterocycles. The molecule has 0 aliphatic heterocycles. The Labute approximate surface area is 81.5 Å². The SMILES string of the molecule is C=CC(C)CCCN(C)S(C)(=O)=O. The second-order valence-electron chi connectivity index (χ2n) is 3.44. The Kier molecular flexibility index (Phi) is 5.25. The largest absolute Gasteiger partial charge is 0.213 e. The van der Waals surface area contributed by atoms with Crippen molar-refractivity contribution >= 4 is 10.0 Å². The van der Waals surface area contributed by atoms with E-state index in [9.17, 15) is 8.42 Å². The van der Waals surface area contributed by atoms with Crippen molar-refractivity contribution in [1.29, 1.82) is 0 Å². The van der Waals surface area contributed by atoms with Crippen LogP contribution >= 0.6 is 0 Å². The smallest absolute Gasteiger partial charge is 0.210 e. The maximum Gasteiger partial charge on any atom is 0.210 e. The van der Waals surface area contributed by atoms with Gasteiger partial charge in [0.05, 0.1) is 6.26 Å². The van der Waals surface area contributed by atoms with E-state index in [1.165, 1.54) is 10.6 Å². The van der Waals surface area contributed by atoms with Gasteiger partial charge in [0.1, 0.15) is 0 Å². The molecule has 0 heterocycles. The predicted molar refractivity (Wildman–Crippen MR) is 56.1 cm³/mol. The van der Waals surface area contributed by atoms with Gasteiger partial charge >= 0.3 is 0 Å². The van der Waals surface area contributed by atoms with Crippen LogP contribution in [0.4, 0.5) is 0 Å². The first-order chi connectivity index (χ1) is 5.88. The van der Waals surface area contributed by atoms with E-state index in [4.69, 9.17) is 0 Å². The summed E-state index contributed by atoms with van der Waals surface area (Å²) in [6.07, 6.45) is 4.99. The van der Waals surface area contributed by atoms with E-state index < -0.39 is 10.0 Å². The Hall–Kier alpha value is -0.350. The van der Waals surface area contributed by atoms with Crippen LogP contribution in [-0.2, 0) is 10.0 Å². The summed E-state index contributed by atoms with van der Waals surface area (Å²) in [5.41, 5.74) is 0. The molecule has 0 saturated carbocycles. The second-order valence-corrected chi connectivity index (χ2v) is 5.53. The van der Waals surface area contributed by atoms with Crippen LogP contribution in [-0.4, -0.2) is 32.6 Å². The van der Waals surface area contributed by atoms with E-state index in [-0.39, 0.29) is 0 Å². The van der Waals surface area contributed by atoms with Crippen LogP contribution in [0, 0.1) is 5.92 Å². The molecule has 0 bridgehead atoms. The highest BCUT2D eigenvalue weighted by Crippen LogP contribution is 2.07. The number of allylic oxidation sites excluding steroid dienone is 1. The molecule has 0 saturated heterocycles. The van der Waals surface area contributed by atoms with E-state index in [1.807, 2.05) is 6.08 Å². The first kappa shape index (κ1) is 12.7. The van der Waals surface area contributed by atoms with Gasteiger partial charge in [-0.25, -0.2) is 12.7 Å². The Bertz CT molecular complexity index is 246. The van der Waals surface area contributed by atoms with Gasteiger partial charge in [-0.15, -0.1) is 6.58 Å². The number of hydrogen-bond donors (Lipinski definition) is 0. The quantitative estimate of drug-likeness (QED) is 0.616. The third kappa shape index (κ3) is 5.82. The summed E-state index contributed by atoms with van der Waals surface area (Å²) in [6.45, 7) is 6.35. The van der Waals surface area contributed by atoms with Crippen molar-refractivity contribution in [1.82, 2.24) is 4.31 Å². The fourth-order valence-electron chi connectivity index (χ4n) is 0.920. The van der Waals surface area contributed by atoms with E-state index in [0.29, 0.717) is 12.5 Å². The topological polar surface area (TPSA) is 37.4 Å². The molecular formula is C9H19NO2S. The Morgan fingerprint density at radius 2 is 2.08 bits per heavy atom. The molecule has 4 heteroatoms. The van der Waals surface area contributed by atoms with Gasteiger partial charge in [0.15, 0.2) is 0 Å². The lowest BCUT2D eigenvalue weighted by Crippen LogP contribution is -2.26. The van der Waals surface area contributed by atoms with Crippen LogP contribution < -0.4 is 0 Å². The van der Waals surface area contributed by atoms with E-state index >= 15 is 0 Å². The minimum Gasteiger partial charge on any atom is -0.213 e. The molecule has 0 fully saturated rings. The van der Waals surface area contributed by atoms with Crippen LogP contribution in [0.3, 0.4) is 0 Å². The maximum atomic E-state index is 11.0. The number of sulfonamides is 1.